The van der Waals surface area contributed by atoms with Crippen molar-refractivity contribution in [3.8, 4) is 0 Å². The lowest BCUT2D eigenvalue weighted by Gasteiger charge is -2.57. The van der Waals surface area contributed by atoms with E-state index in [0.29, 0.717) is 19.0 Å². The Morgan fingerprint density at radius 3 is 2.07 bits per heavy atom. The predicted molar refractivity (Wildman–Crippen MR) is 114 cm³/mol. The highest BCUT2D eigenvalue weighted by Crippen LogP contribution is 2.60. The van der Waals surface area contributed by atoms with Gasteiger partial charge >= 0.3 is 0 Å². The summed E-state index contributed by atoms with van der Waals surface area (Å²) in [6, 6.07) is 8.36. The van der Waals surface area contributed by atoms with Gasteiger partial charge in [-0.1, -0.05) is 18.2 Å². The zero-order valence-corrected chi connectivity index (χ0v) is 17.8. The molecule has 4 aliphatic carbocycles. The highest BCUT2D eigenvalue weighted by atomic mass is 32.2. The molecular formula is C24H30N2O2S. The molecule has 6 aliphatic rings. The zero-order chi connectivity index (χ0) is 19.6. The molecule has 5 heteroatoms. The minimum atomic E-state index is -0.0517. The van der Waals surface area contributed by atoms with Crippen LogP contribution in [-0.2, 0) is 16.0 Å². The smallest absolute Gasteiger partial charge is 0.236 e. The average Bonchev–Trinajstić information content (AvgIpc) is 3.16. The van der Waals surface area contributed by atoms with E-state index in [-0.39, 0.29) is 16.6 Å². The summed E-state index contributed by atoms with van der Waals surface area (Å²) in [4.78, 5) is 32.0. The Balaban J connectivity index is 1.09. The highest BCUT2D eigenvalue weighted by molar-refractivity contribution is 8.01. The van der Waals surface area contributed by atoms with Crippen LogP contribution in [0.4, 0.5) is 0 Å². The van der Waals surface area contributed by atoms with Crippen molar-refractivity contribution in [2.45, 2.75) is 55.1 Å². The van der Waals surface area contributed by atoms with Crippen molar-refractivity contribution in [3.05, 3.63) is 29.8 Å². The van der Waals surface area contributed by atoms with Crippen LogP contribution in [0.2, 0.25) is 0 Å². The van der Waals surface area contributed by atoms with Gasteiger partial charge in [0, 0.05) is 31.1 Å². The molecule has 0 spiro atoms. The third-order valence-corrected chi connectivity index (χ3v) is 9.60. The number of carbonyl (C=O) groups is 2. The number of rotatable bonds is 2. The van der Waals surface area contributed by atoms with Crippen LogP contribution in [0.5, 0.6) is 0 Å². The SMILES string of the molecule is O=C(C1Cc2ccccc2S1)N1CCN(C(=O)C23CC4CC(CC(C4)C2)C3)CC1. The van der Waals surface area contributed by atoms with Crippen molar-refractivity contribution in [1.29, 1.82) is 0 Å². The summed E-state index contributed by atoms with van der Waals surface area (Å²) in [7, 11) is 0. The zero-order valence-electron chi connectivity index (χ0n) is 17.0. The fourth-order valence-electron chi connectivity index (χ4n) is 7.36. The summed E-state index contributed by atoms with van der Waals surface area (Å²) in [6.07, 6.45) is 8.35. The summed E-state index contributed by atoms with van der Waals surface area (Å²) < 4.78 is 0. The molecule has 4 nitrogen and oxygen atoms in total. The van der Waals surface area contributed by atoms with Crippen LogP contribution in [-0.4, -0.2) is 53.0 Å². The lowest BCUT2D eigenvalue weighted by Crippen LogP contribution is -2.59. The van der Waals surface area contributed by atoms with Gasteiger partial charge in [-0.3, -0.25) is 9.59 Å². The van der Waals surface area contributed by atoms with Gasteiger partial charge in [-0.25, -0.2) is 0 Å². The van der Waals surface area contributed by atoms with Crippen molar-refractivity contribution < 1.29 is 9.59 Å². The minimum Gasteiger partial charge on any atom is -0.339 e. The van der Waals surface area contributed by atoms with Crippen LogP contribution in [0.3, 0.4) is 0 Å². The van der Waals surface area contributed by atoms with Gasteiger partial charge in [-0.05, 0) is 74.3 Å². The van der Waals surface area contributed by atoms with E-state index in [1.807, 2.05) is 11.0 Å². The lowest BCUT2D eigenvalue weighted by atomic mass is 9.49. The molecule has 1 unspecified atom stereocenters. The average molecular weight is 411 g/mol. The first-order chi connectivity index (χ1) is 14.1. The van der Waals surface area contributed by atoms with Gasteiger partial charge in [0.2, 0.25) is 11.8 Å². The topological polar surface area (TPSA) is 40.6 Å². The Kier molecular flexibility index (Phi) is 4.27. The summed E-state index contributed by atoms with van der Waals surface area (Å²) in [5, 5.41) is 0.0119. The maximum Gasteiger partial charge on any atom is 0.236 e. The minimum absolute atomic E-state index is 0.0119. The maximum absolute atomic E-state index is 13.6. The van der Waals surface area contributed by atoms with Crippen LogP contribution in [0.25, 0.3) is 0 Å². The van der Waals surface area contributed by atoms with E-state index in [1.54, 1.807) is 11.8 Å². The molecule has 1 saturated heterocycles. The molecule has 2 amide bonds. The molecule has 0 radical (unpaired) electrons. The van der Waals surface area contributed by atoms with E-state index in [2.05, 4.69) is 23.1 Å². The Morgan fingerprint density at radius 2 is 1.45 bits per heavy atom. The molecule has 29 heavy (non-hydrogen) atoms. The summed E-state index contributed by atoms with van der Waals surface area (Å²) >= 11 is 1.71. The van der Waals surface area contributed by atoms with Crippen LogP contribution in [0, 0.1) is 23.2 Å². The number of thioether (sulfide) groups is 1. The first-order valence-corrected chi connectivity index (χ1v) is 12.3. The molecule has 1 atom stereocenters. The molecule has 4 bridgehead atoms. The molecule has 2 aliphatic heterocycles. The summed E-state index contributed by atoms with van der Waals surface area (Å²) in [6.45, 7) is 2.84. The van der Waals surface area contributed by atoms with E-state index in [1.165, 1.54) is 29.7 Å². The van der Waals surface area contributed by atoms with Gasteiger partial charge in [0.05, 0.1) is 10.7 Å². The van der Waals surface area contributed by atoms with Gasteiger partial charge in [0.15, 0.2) is 0 Å². The first kappa shape index (κ1) is 18.3. The lowest BCUT2D eigenvalue weighted by molar-refractivity contribution is -0.160. The molecular weight excluding hydrogens is 380 g/mol. The molecule has 1 aromatic carbocycles. The molecule has 5 fully saturated rings. The van der Waals surface area contributed by atoms with Crippen LogP contribution in [0.1, 0.15) is 44.1 Å². The fourth-order valence-corrected chi connectivity index (χ4v) is 8.64. The predicted octanol–water partition coefficient (Wildman–Crippen LogP) is 3.59. The molecule has 1 aromatic rings. The molecule has 4 saturated carbocycles. The van der Waals surface area contributed by atoms with Crippen molar-refractivity contribution >= 4 is 23.6 Å². The van der Waals surface area contributed by atoms with Crippen LogP contribution in [0.15, 0.2) is 29.2 Å². The third-order valence-electron chi connectivity index (χ3n) is 8.29. The number of amides is 2. The largest absolute Gasteiger partial charge is 0.339 e. The molecule has 0 aromatic heterocycles. The van der Waals surface area contributed by atoms with Crippen molar-refractivity contribution in [3.63, 3.8) is 0 Å². The normalized spacial score (nSPS) is 37.7. The number of fused-ring (bicyclic) bond motifs is 1. The second-order valence-electron chi connectivity index (χ2n) is 10.2. The number of carbonyl (C=O) groups excluding carboxylic acids is 2. The molecule has 154 valence electrons. The van der Waals surface area contributed by atoms with E-state index in [9.17, 15) is 9.59 Å². The monoisotopic (exact) mass is 410 g/mol. The Morgan fingerprint density at radius 1 is 0.862 bits per heavy atom. The number of benzene rings is 1. The first-order valence-electron chi connectivity index (χ1n) is 11.4. The van der Waals surface area contributed by atoms with E-state index >= 15 is 0 Å². The van der Waals surface area contributed by atoms with Crippen molar-refractivity contribution in [1.82, 2.24) is 9.80 Å². The van der Waals surface area contributed by atoms with Crippen LogP contribution >= 0.6 is 11.8 Å². The van der Waals surface area contributed by atoms with Crippen molar-refractivity contribution in [2.24, 2.45) is 23.2 Å². The van der Waals surface area contributed by atoms with E-state index in [0.717, 1.165) is 56.5 Å². The van der Waals surface area contributed by atoms with E-state index in [4.69, 9.17) is 0 Å². The van der Waals surface area contributed by atoms with Gasteiger partial charge in [-0.2, -0.15) is 0 Å². The Hall–Kier alpha value is -1.49. The Bertz CT molecular complexity index is 785. The second kappa shape index (κ2) is 6.76. The molecule has 0 N–H and O–H groups in total. The van der Waals surface area contributed by atoms with Gasteiger partial charge < -0.3 is 9.80 Å². The summed E-state index contributed by atoms with van der Waals surface area (Å²) in [5.74, 6) is 3.08. The fraction of sp³-hybridized carbons (Fsp3) is 0.667. The Labute approximate surface area is 177 Å². The quantitative estimate of drug-likeness (QED) is 0.748. The maximum atomic E-state index is 13.6. The number of piperazine rings is 1. The third kappa shape index (κ3) is 3.03. The van der Waals surface area contributed by atoms with Gasteiger partial charge in [0.1, 0.15) is 0 Å². The van der Waals surface area contributed by atoms with Crippen molar-refractivity contribution in [2.75, 3.05) is 26.2 Å². The summed E-state index contributed by atoms with van der Waals surface area (Å²) in [5.41, 5.74) is 1.25. The van der Waals surface area contributed by atoms with Crippen LogP contribution < -0.4 is 0 Å². The number of nitrogens with zero attached hydrogens (tertiary/aromatic N) is 2. The molecule has 7 rings (SSSR count). The standard InChI is InChI=1S/C24H30N2O2S/c27-22(21-12-19-3-1-2-4-20(19)29-21)25-5-7-26(8-6-25)23(28)24-13-16-9-17(14-24)11-18(10-16)15-24/h1-4,16-18,21H,5-15H2. The number of hydrogen-bond acceptors (Lipinski definition) is 3. The van der Waals surface area contributed by atoms with E-state index < -0.39 is 0 Å². The highest BCUT2D eigenvalue weighted by Gasteiger charge is 2.55. The van der Waals surface area contributed by atoms with Gasteiger partial charge in [0.25, 0.3) is 0 Å². The number of hydrogen-bond donors (Lipinski definition) is 0. The molecule has 2 heterocycles. The second-order valence-corrected chi connectivity index (χ2v) is 11.5. The van der Waals surface area contributed by atoms with Gasteiger partial charge in [-0.15, -0.1) is 11.8 Å².